The average molecular weight is 296 g/mol. The number of nitrogens with zero attached hydrogens (tertiary/aromatic N) is 4. The fourth-order valence-corrected chi connectivity index (χ4v) is 2.30. The van der Waals surface area contributed by atoms with Crippen LogP contribution in [-0.2, 0) is 5.92 Å². The first-order valence-electron chi connectivity index (χ1n) is 5.39. The predicted molar refractivity (Wildman–Crippen MR) is 53.0 cm³/mol. The van der Waals surface area contributed by atoms with E-state index in [0.29, 0.717) is 18.3 Å². The number of halogens is 6. The van der Waals surface area contributed by atoms with Crippen LogP contribution in [0.25, 0.3) is 0 Å². The molecule has 3 atom stereocenters. The van der Waals surface area contributed by atoms with E-state index >= 15 is 0 Å². The lowest BCUT2D eigenvalue weighted by atomic mass is 9.87. The maximum atomic E-state index is 14.6. The smallest absolute Gasteiger partial charge is 0.239 e. The van der Waals surface area contributed by atoms with Crippen LogP contribution in [-0.4, -0.2) is 37.9 Å². The summed E-state index contributed by atoms with van der Waals surface area (Å²) in [5.41, 5.74) is -5.62. The van der Waals surface area contributed by atoms with Crippen molar-refractivity contribution in [3.8, 4) is 0 Å². The third-order valence-electron chi connectivity index (χ3n) is 3.34. The zero-order valence-electron chi connectivity index (χ0n) is 9.52. The maximum Gasteiger partial charge on any atom is 0.373 e. The van der Waals surface area contributed by atoms with E-state index in [1.807, 2.05) is 0 Å². The van der Waals surface area contributed by atoms with Gasteiger partial charge in [0.05, 0.1) is 18.1 Å². The number of hydrogen-bond acceptors (Lipinski definition) is 3. The van der Waals surface area contributed by atoms with Crippen LogP contribution >= 0.6 is 0 Å². The van der Waals surface area contributed by atoms with Crippen LogP contribution in [0.4, 0.5) is 26.4 Å². The second kappa shape index (κ2) is 3.55. The largest absolute Gasteiger partial charge is 0.373 e. The monoisotopic (exact) mass is 296 g/mol. The van der Waals surface area contributed by atoms with Gasteiger partial charge in [0.25, 0.3) is 5.67 Å². The number of alkyl halides is 5. The van der Waals surface area contributed by atoms with Crippen LogP contribution in [0, 0.1) is 0 Å². The summed E-state index contributed by atoms with van der Waals surface area (Å²) in [6.45, 7) is 0. The van der Waals surface area contributed by atoms with Crippen molar-refractivity contribution in [1.82, 2.24) is 20.1 Å². The number of aromatic nitrogens is 3. The molecule has 2 heterocycles. The normalized spacial score (nSPS) is 38.8. The molecule has 1 aliphatic heterocycles. The third kappa shape index (κ3) is 1.11. The van der Waals surface area contributed by atoms with Crippen molar-refractivity contribution in [2.45, 2.75) is 23.7 Å². The molecule has 3 rings (SSSR count). The van der Waals surface area contributed by atoms with E-state index < -0.39 is 34.5 Å². The highest BCUT2D eigenvalue weighted by Gasteiger charge is 2.85. The van der Waals surface area contributed by atoms with Gasteiger partial charge in [-0.15, -0.1) is 10.2 Å². The van der Waals surface area contributed by atoms with Gasteiger partial charge in [0, 0.05) is 0 Å². The number of rotatable bonds is 1. The number of hydrogen-bond donors (Lipinski definition) is 0. The minimum absolute atomic E-state index is 0.194. The van der Waals surface area contributed by atoms with Crippen molar-refractivity contribution in [3.05, 3.63) is 36.3 Å². The maximum absolute atomic E-state index is 14.6. The van der Waals surface area contributed by atoms with Crippen molar-refractivity contribution >= 4 is 0 Å². The highest BCUT2D eigenvalue weighted by molar-refractivity contribution is 5.40. The van der Waals surface area contributed by atoms with Crippen LogP contribution in [0.15, 0.2) is 36.3 Å². The molecule has 0 N–H and O–H groups in total. The Morgan fingerprint density at radius 3 is 2.45 bits per heavy atom. The van der Waals surface area contributed by atoms with Crippen molar-refractivity contribution in [2.75, 3.05) is 0 Å². The van der Waals surface area contributed by atoms with Gasteiger partial charge in [-0.3, -0.25) is 0 Å². The van der Waals surface area contributed by atoms with Crippen LogP contribution < -0.4 is 0 Å². The van der Waals surface area contributed by atoms with Crippen LogP contribution in [0.3, 0.4) is 0 Å². The lowest BCUT2D eigenvalue weighted by Gasteiger charge is -2.32. The fourth-order valence-electron chi connectivity index (χ4n) is 2.30. The Hall–Kier alpha value is -2.00. The molecule has 108 valence electrons. The Morgan fingerprint density at radius 1 is 1.20 bits per heavy atom. The molecule has 0 aromatic carbocycles. The molecular weight excluding hydrogens is 290 g/mol. The molecule has 1 aliphatic carbocycles. The molecule has 4 nitrogen and oxygen atoms in total. The van der Waals surface area contributed by atoms with Gasteiger partial charge in [0.15, 0.2) is 6.17 Å². The zero-order valence-corrected chi connectivity index (χ0v) is 9.52. The number of allylic oxidation sites excluding steroid dienone is 4. The van der Waals surface area contributed by atoms with Crippen LogP contribution in [0.2, 0.25) is 0 Å². The van der Waals surface area contributed by atoms with Gasteiger partial charge in [-0.05, 0) is 12.2 Å². The van der Waals surface area contributed by atoms with Gasteiger partial charge in [0.2, 0.25) is 0 Å². The van der Waals surface area contributed by atoms with Gasteiger partial charge >= 0.3 is 11.8 Å². The second-order valence-electron chi connectivity index (χ2n) is 4.34. The molecule has 1 aromatic rings. The van der Waals surface area contributed by atoms with Crippen molar-refractivity contribution in [1.29, 1.82) is 0 Å². The van der Waals surface area contributed by atoms with Gasteiger partial charge in [-0.1, -0.05) is 15.8 Å². The van der Waals surface area contributed by atoms with E-state index in [1.165, 1.54) is 0 Å². The van der Waals surface area contributed by atoms with E-state index in [0.717, 1.165) is 12.3 Å². The highest BCUT2D eigenvalue weighted by Crippen LogP contribution is 2.62. The SMILES string of the molecule is FC1C=CC=C2N(F)C(F)(n3ccnn3)C(F)(F)C21F. The molecule has 0 saturated carbocycles. The fraction of sp³-hybridized carbons (Fsp3) is 0.400. The van der Waals surface area contributed by atoms with Crippen LogP contribution in [0.1, 0.15) is 0 Å². The first-order valence-corrected chi connectivity index (χ1v) is 5.39. The summed E-state index contributed by atoms with van der Waals surface area (Å²) in [5.74, 6) is -9.42. The third-order valence-corrected chi connectivity index (χ3v) is 3.34. The summed E-state index contributed by atoms with van der Waals surface area (Å²) in [5, 5.41) is 4.83. The lowest BCUT2D eigenvalue weighted by molar-refractivity contribution is -0.295. The van der Waals surface area contributed by atoms with Crippen LogP contribution in [0.5, 0.6) is 0 Å². The number of fused-ring (bicyclic) bond motifs is 1. The predicted octanol–water partition coefficient (Wildman–Crippen LogP) is 2.19. The quantitative estimate of drug-likeness (QED) is 0.452. The highest BCUT2D eigenvalue weighted by atomic mass is 19.3. The van der Waals surface area contributed by atoms with Crippen molar-refractivity contribution in [2.24, 2.45) is 0 Å². The summed E-state index contributed by atoms with van der Waals surface area (Å²) in [6, 6.07) is 0. The van der Waals surface area contributed by atoms with E-state index in [4.69, 9.17) is 0 Å². The standard InChI is InChI=1S/C10H6F6N4/c11-6-2-1-3-7-8(6,12)9(13,14)10(15,20(7)16)19-5-4-17-18-19/h1-6H. The molecule has 0 amide bonds. The molecule has 1 aromatic heterocycles. The Labute approximate surface area is 107 Å². The Balaban J connectivity index is 2.26. The first kappa shape index (κ1) is 13.0. The van der Waals surface area contributed by atoms with Crippen molar-refractivity contribution < 1.29 is 26.4 Å². The lowest BCUT2D eigenvalue weighted by Crippen LogP contribution is -2.58. The Bertz CT molecular complexity index is 599. The van der Waals surface area contributed by atoms with Crippen molar-refractivity contribution in [3.63, 3.8) is 0 Å². The molecule has 0 bridgehead atoms. The van der Waals surface area contributed by atoms with E-state index in [-0.39, 0.29) is 4.68 Å². The molecule has 20 heavy (non-hydrogen) atoms. The van der Waals surface area contributed by atoms with Gasteiger partial charge in [-0.2, -0.15) is 17.9 Å². The molecular formula is C10H6F6N4. The van der Waals surface area contributed by atoms with E-state index in [2.05, 4.69) is 10.3 Å². The van der Waals surface area contributed by atoms with E-state index in [9.17, 15) is 26.4 Å². The van der Waals surface area contributed by atoms with Gasteiger partial charge in [0.1, 0.15) is 0 Å². The first-order chi connectivity index (χ1) is 9.28. The summed E-state index contributed by atoms with van der Waals surface area (Å²) in [7, 11) is 0. The summed E-state index contributed by atoms with van der Waals surface area (Å²) < 4.78 is 84.6. The minimum atomic E-state index is -5.07. The zero-order chi connectivity index (χ0) is 14.8. The topological polar surface area (TPSA) is 34.0 Å². The molecule has 3 unspecified atom stereocenters. The Kier molecular flexibility index (Phi) is 2.31. The molecule has 2 aliphatic rings. The molecule has 1 fully saturated rings. The summed E-state index contributed by atoms with van der Waals surface area (Å²) >= 11 is 0. The molecule has 0 radical (unpaired) electrons. The van der Waals surface area contributed by atoms with Gasteiger partial charge in [-0.25, -0.2) is 8.78 Å². The molecule has 1 saturated heterocycles. The van der Waals surface area contributed by atoms with E-state index in [1.54, 1.807) is 0 Å². The summed E-state index contributed by atoms with van der Waals surface area (Å²) in [6.07, 6.45) is 0.311. The summed E-state index contributed by atoms with van der Waals surface area (Å²) in [4.78, 5) is 0. The second-order valence-corrected chi connectivity index (χ2v) is 4.34. The Morgan fingerprint density at radius 2 is 1.90 bits per heavy atom. The van der Waals surface area contributed by atoms with Gasteiger partial charge < -0.3 is 0 Å². The average Bonchev–Trinajstić information content (AvgIpc) is 2.96. The minimum Gasteiger partial charge on any atom is -0.239 e. The molecule has 0 spiro atoms. The molecule has 10 heteroatoms.